The van der Waals surface area contributed by atoms with E-state index in [0.29, 0.717) is 12.8 Å². The average molecular weight is 432 g/mol. The van der Waals surface area contributed by atoms with Crippen molar-refractivity contribution in [3.8, 4) is 5.75 Å². The molecule has 8 heteroatoms. The Morgan fingerprint density at radius 3 is 2.12 bits per heavy atom. The van der Waals surface area contributed by atoms with Gasteiger partial charge in [-0.15, -0.1) is 0 Å². The summed E-state index contributed by atoms with van der Waals surface area (Å²) in [7, 11) is -3.79. The molecule has 1 aliphatic carbocycles. The van der Waals surface area contributed by atoms with Crippen molar-refractivity contribution < 1.29 is 21.9 Å². The molecule has 1 aliphatic rings. The molecule has 0 spiro atoms. The van der Waals surface area contributed by atoms with Crippen LogP contribution in [0, 0.1) is 0 Å². The maximum absolute atomic E-state index is 12.7. The van der Waals surface area contributed by atoms with E-state index >= 15 is 0 Å². The second kappa shape index (κ2) is 7.01. The van der Waals surface area contributed by atoms with Crippen LogP contribution in [0.3, 0.4) is 0 Å². The van der Waals surface area contributed by atoms with Crippen molar-refractivity contribution in [2.75, 3.05) is 0 Å². The van der Waals surface area contributed by atoms with Crippen LogP contribution in [-0.4, -0.2) is 15.0 Å². The molecule has 0 heterocycles. The summed E-state index contributed by atoms with van der Waals surface area (Å²) in [4.78, 5) is 0.0116. The first-order valence-electron chi connectivity index (χ1n) is 7.66. The van der Waals surface area contributed by atoms with E-state index in [1.54, 1.807) is 0 Å². The van der Waals surface area contributed by atoms with Crippen LogP contribution in [0.1, 0.15) is 24.8 Å². The summed E-state index contributed by atoms with van der Waals surface area (Å²) in [5.74, 6) is -0.0831. The normalized spacial score (nSPS) is 16.5. The first-order chi connectivity index (χ1) is 11.8. The average Bonchev–Trinajstić information content (AvgIpc) is 2.52. The smallest absolute Gasteiger partial charge is 0.387 e. The molecule has 2 aromatic rings. The molecule has 0 saturated heterocycles. The molecule has 0 radical (unpaired) electrons. The molecule has 3 rings (SSSR count). The van der Waals surface area contributed by atoms with Crippen LogP contribution in [0.2, 0.25) is 0 Å². The van der Waals surface area contributed by atoms with Crippen LogP contribution < -0.4 is 9.46 Å². The summed E-state index contributed by atoms with van der Waals surface area (Å²) in [6.07, 6.45) is 2.35. The fraction of sp³-hybridized carbons (Fsp3) is 0.294. The van der Waals surface area contributed by atoms with Crippen molar-refractivity contribution in [3.05, 3.63) is 58.6 Å². The number of nitrogens with one attached hydrogen (secondary N) is 1. The van der Waals surface area contributed by atoms with E-state index in [0.717, 1.165) is 16.5 Å². The van der Waals surface area contributed by atoms with Crippen molar-refractivity contribution in [3.63, 3.8) is 0 Å². The number of hydrogen-bond donors (Lipinski definition) is 1. The van der Waals surface area contributed by atoms with Crippen LogP contribution in [0.25, 0.3) is 0 Å². The van der Waals surface area contributed by atoms with Crippen LogP contribution in [0.15, 0.2) is 57.9 Å². The van der Waals surface area contributed by atoms with Crippen molar-refractivity contribution in [2.45, 2.75) is 36.3 Å². The number of benzene rings is 2. The number of alkyl halides is 2. The Bertz CT molecular complexity index is 835. The maximum atomic E-state index is 12.7. The topological polar surface area (TPSA) is 55.4 Å². The summed E-state index contributed by atoms with van der Waals surface area (Å²) in [6.45, 7) is -2.95. The van der Waals surface area contributed by atoms with Gasteiger partial charge in [0, 0.05) is 4.47 Å². The summed E-state index contributed by atoms with van der Waals surface area (Å²) >= 11 is 3.37. The molecule has 25 heavy (non-hydrogen) atoms. The van der Waals surface area contributed by atoms with Gasteiger partial charge in [0.05, 0.1) is 10.4 Å². The quantitative estimate of drug-likeness (QED) is 0.736. The van der Waals surface area contributed by atoms with Crippen molar-refractivity contribution in [1.29, 1.82) is 0 Å². The van der Waals surface area contributed by atoms with Crippen LogP contribution in [0.4, 0.5) is 8.78 Å². The Kier molecular flexibility index (Phi) is 5.13. The highest BCUT2D eigenvalue weighted by atomic mass is 79.9. The lowest BCUT2D eigenvalue weighted by Gasteiger charge is -2.42. The highest BCUT2D eigenvalue weighted by Gasteiger charge is 2.42. The highest BCUT2D eigenvalue weighted by Crippen LogP contribution is 2.42. The van der Waals surface area contributed by atoms with Gasteiger partial charge < -0.3 is 4.74 Å². The molecule has 0 aromatic heterocycles. The number of ether oxygens (including phenoxy) is 1. The lowest BCUT2D eigenvalue weighted by molar-refractivity contribution is -0.0498. The minimum atomic E-state index is -3.79. The van der Waals surface area contributed by atoms with Crippen LogP contribution >= 0.6 is 15.9 Å². The molecule has 0 atom stereocenters. The van der Waals surface area contributed by atoms with Crippen LogP contribution in [-0.2, 0) is 15.6 Å². The minimum absolute atomic E-state index is 0.0116. The molecule has 134 valence electrons. The molecule has 1 fully saturated rings. The Morgan fingerprint density at radius 1 is 1.04 bits per heavy atom. The molecule has 2 aromatic carbocycles. The Morgan fingerprint density at radius 2 is 1.64 bits per heavy atom. The van der Waals surface area contributed by atoms with Gasteiger partial charge in [-0.3, -0.25) is 0 Å². The van der Waals surface area contributed by atoms with E-state index in [1.807, 2.05) is 24.3 Å². The van der Waals surface area contributed by atoms with Crippen molar-refractivity contribution in [1.82, 2.24) is 4.72 Å². The highest BCUT2D eigenvalue weighted by molar-refractivity contribution is 9.10. The lowest BCUT2D eigenvalue weighted by Crippen LogP contribution is -2.50. The van der Waals surface area contributed by atoms with Gasteiger partial charge in [0.1, 0.15) is 5.75 Å². The Labute approximate surface area is 153 Å². The van der Waals surface area contributed by atoms with Gasteiger partial charge in [0.25, 0.3) is 0 Å². The predicted octanol–water partition coefficient (Wildman–Crippen LogP) is 4.41. The summed E-state index contributed by atoms with van der Waals surface area (Å²) in [6, 6.07) is 12.5. The maximum Gasteiger partial charge on any atom is 0.387 e. The first-order valence-corrected chi connectivity index (χ1v) is 9.93. The number of hydrogen-bond acceptors (Lipinski definition) is 3. The van der Waals surface area contributed by atoms with Gasteiger partial charge in [-0.05, 0) is 61.2 Å². The third kappa shape index (κ3) is 4.02. The van der Waals surface area contributed by atoms with E-state index < -0.39 is 22.2 Å². The van der Waals surface area contributed by atoms with E-state index in [1.165, 1.54) is 24.3 Å². The monoisotopic (exact) mass is 431 g/mol. The SMILES string of the molecule is O=S(=O)(NC1(c2ccc(Br)cc2)CCC1)c1ccc(OC(F)F)cc1. The lowest BCUT2D eigenvalue weighted by atomic mass is 9.73. The zero-order valence-corrected chi connectivity index (χ0v) is 15.5. The predicted molar refractivity (Wildman–Crippen MR) is 93.1 cm³/mol. The summed E-state index contributed by atoms with van der Waals surface area (Å²) < 4.78 is 57.7. The van der Waals surface area contributed by atoms with E-state index in [9.17, 15) is 17.2 Å². The van der Waals surface area contributed by atoms with Crippen LogP contribution in [0.5, 0.6) is 5.75 Å². The molecule has 1 N–H and O–H groups in total. The van der Waals surface area contributed by atoms with Gasteiger partial charge in [-0.25, -0.2) is 13.1 Å². The van der Waals surface area contributed by atoms with E-state index in [2.05, 4.69) is 25.4 Å². The number of sulfonamides is 1. The standard InChI is InChI=1S/C17H16BrF2NO3S/c18-13-4-2-12(3-5-13)17(10-1-11-17)21-25(22,23)15-8-6-14(7-9-15)24-16(19)20/h2-9,16,21H,1,10-11H2. The van der Waals surface area contributed by atoms with Gasteiger partial charge in [-0.1, -0.05) is 28.1 Å². The fourth-order valence-electron chi connectivity index (χ4n) is 2.87. The molecular weight excluding hydrogens is 416 g/mol. The third-order valence-electron chi connectivity index (χ3n) is 4.29. The third-order valence-corrected chi connectivity index (χ3v) is 6.37. The largest absolute Gasteiger partial charge is 0.435 e. The molecule has 1 saturated carbocycles. The van der Waals surface area contributed by atoms with Gasteiger partial charge >= 0.3 is 6.61 Å². The summed E-state index contributed by atoms with van der Waals surface area (Å²) in [5, 5.41) is 0. The van der Waals surface area contributed by atoms with E-state index in [-0.39, 0.29) is 10.6 Å². The molecule has 4 nitrogen and oxygen atoms in total. The van der Waals surface area contributed by atoms with Gasteiger partial charge in [-0.2, -0.15) is 8.78 Å². The molecule has 0 aliphatic heterocycles. The molecule has 0 amide bonds. The molecule has 0 bridgehead atoms. The zero-order valence-electron chi connectivity index (χ0n) is 13.1. The van der Waals surface area contributed by atoms with Gasteiger partial charge in [0.2, 0.25) is 10.0 Å². The van der Waals surface area contributed by atoms with Crippen molar-refractivity contribution >= 4 is 26.0 Å². The number of rotatable bonds is 6. The molecule has 0 unspecified atom stereocenters. The Hall–Kier alpha value is -1.51. The molecular formula is C17H16BrF2NO3S. The second-order valence-electron chi connectivity index (χ2n) is 5.90. The fourth-order valence-corrected chi connectivity index (χ4v) is 4.58. The minimum Gasteiger partial charge on any atom is -0.435 e. The van der Waals surface area contributed by atoms with Crippen molar-refractivity contribution in [2.24, 2.45) is 0 Å². The van der Waals surface area contributed by atoms with Gasteiger partial charge in [0.15, 0.2) is 0 Å². The summed E-state index contributed by atoms with van der Waals surface area (Å²) in [5.41, 5.74) is 0.278. The number of halogens is 3. The second-order valence-corrected chi connectivity index (χ2v) is 8.50. The first kappa shape index (κ1) is 18.3. The zero-order chi connectivity index (χ0) is 18.1. The Balaban J connectivity index is 1.83. The van der Waals surface area contributed by atoms with E-state index in [4.69, 9.17) is 0 Å².